The zero-order valence-electron chi connectivity index (χ0n) is 8.98. The molecule has 1 fully saturated rings. The van der Waals surface area contributed by atoms with Gasteiger partial charge in [-0.25, -0.2) is 4.98 Å². The topological polar surface area (TPSA) is 43.8 Å². The average molecular weight is 193 g/mol. The summed E-state index contributed by atoms with van der Waals surface area (Å²) in [6.07, 6.45) is 7.40. The van der Waals surface area contributed by atoms with E-state index in [2.05, 4.69) is 23.4 Å². The van der Waals surface area contributed by atoms with Crippen molar-refractivity contribution in [2.75, 3.05) is 0 Å². The highest BCUT2D eigenvalue weighted by Crippen LogP contribution is 2.31. The van der Waals surface area contributed by atoms with E-state index in [9.17, 15) is 0 Å². The maximum absolute atomic E-state index is 5.92. The van der Waals surface area contributed by atoms with Crippen LogP contribution in [0, 0.1) is 0 Å². The van der Waals surface area contributed by atoms with Gasteiger partial charge in [-0.15, -0.1) is 0 Å². The fourth-order valence-electron chi connectivity index (χ4n) is 2.31. The summed E-state index contributed by atoms with van der Waals surface area (Å²) in [6, 6.07) is 0.979. The van der Waals surface area contributed by atoms with Crippen LogP contribution in [0.4, 0.5) is 0 Å². The predicted molar refractivity (Wildman–Crippen MR) is 57.2 cm³/mol. The van der Waals surface area contributed by atoms with Gasteiger partial charge in [-0.3, -0.25) is 0 Å². The van der Waals surface area contributed by atoms with Gasteiger partial charge in [0.15, 0.2) is 0 Å². The molecule has 1 aliphatic rings. The maximum Gasteiger partial charge on any atom is 0.0950 e. The molecule has 1 aliphatic carbocycles. The van der Waals surface area contributed by atoms with Crippen molar-refractivity contribution in [2.24, 2.45) is 5.73 Å². The predicted octanol–water partition coefficient (Wildman–Crippen LogP) is 2.06. The lowest BCUT2D eigenvalue weighted by atomic mass is 10.1. The number of nitrogens with zero attached hydrogens (tertiary/aromatic N) is 2. The monoisotopic (exact) mass is 193 g/mol. The minimum absolute atomic E-state index is 0.391. The summed E-state index contributed by atoms with van der Waals surface area (Å²) in [6.45, 7) is 4.42. The van der Waals surface area contributed by atoms with Gasteiger partial charge in [0, 0.05) is 24.0 Å². The van der Waals surface area contributed by atoms with Gasteiger partial charge >= 0.3 is 0 Å². The molecule has 78 valence electrons. The third-order valence-electron chi connectivity index (χ3n) is 3.13. The van der Waals surface area contributed by atoms with Gasteiger partial charge in [0.2, 0.25) is 0 Å². The third-order valence-corrected chi connectivity index (χ3v) is 3.13. The molecule has 0 amide bonds. The van der Waals surface area contributed by atoms with Crippen molar-refractivity contribution < 1.29 is 0 Å². The van der Waals surface area contributed by atoms with Crippen LogP contribution in [-0.2, 0) is 0 Å². The standard InChI is InChI=1S/C11H19N3/c1-8(2)11-6-13-7-14(11)10-4-3-9(12)5-10/h6-10H,3-5,12H2,1-2H3. The zero-order chi connectivity index (χ0) is 10.1. The summed E-state index contributed by atoms with van der Waals surface area (Å²) < 4.78 is 2.32. The lowest BCUT2D eigenvalue weighted by Gasteiger charge is -2.17. The van der Waals surface area contributed by atoms with Crippen LogP contribution in [0.15, 0.2) is 12.5 Å². The normalized spacial score (nSPS) is 27.4. The van der Waals surface area contributed by atoms with Crippen LogP contribution < -0.4 is 5.73 Å². The molecular weight excluding hydrogens is 174 g/mol. The summed E-state index contributed by atoms with van der Waals surface area (Å²) in [5.74, 6) is 0.550. The Kier molecular flexibility index (Phi) is 2.59. The Hall–Kier alpha value is -0.830. The molecule has 1 aromatic rings. The molecule has 0 aliphatic heterocycles. The van der Waals surface area contributed by atoms with E-state index in [0.29, 0.717) is 18.0 Å². The molecule has 0 aromatic carbocycles. The fourth-order valence-corrected chi connectivity index (χ4v) is 2.31. The van der Waals surface area contributed by atoms with Gasteiger partial charge in [0.05, 0.1) is 6.33 Å². The van der Waals surface area contributed by atoms with Crippen LogP contribution in [0.5, 0.6) is 0 Å². The van der Waals surface area contributed by atoms with Crippen LogP contribution in [0.25, 0.3) is 0 Å². The first-order chi connectivity index (χ1) is 6.68. The first kappa shape index (κ1) is 9.71. The molecule has 0 bridgehead atoms. The van der Waals surface area contributed by atoms with Crippen molar-refractivity contribution >= 4 is 0 Å². The molecule has 3 nitrogen and oxygen atoms in total. The van der Waals surface area contributed by atoms with Crippen LogP contribution >= 0.6 is 0 Å². The van der Waals surface area contributed by atoms with E-state index in [1.165, 1.54) is 12.1 Å². The molecule has 2 atom stereocenters. The molecule has 1 saturated carbocycles. The van der Waals surface area contributed by atoms with Gasteiger partial charge in [-0.2, -0.15) is 0 Å². The Balaban J connectivity index is 2.19. The Morgan fingerprint density at radius 3 is 2.86 bits per heavy atom. The Labute approximate surface area is 85.3 Å². The molecule has 2 N–H and O–H groups in total. The first-order valence-electron chi connectivity index (χ1n) is 5.45. The van der Waals surface area contributed by atoms with Gasteiger partial charge in [0.1, 0.15) is 0 Å². The molecular formula is C11H19N3. The number of aromatic nitrogens is 2. The van der Waals surface area contributed by atoms with E-state index in [0.717, 1.165) is 12.8 Å². The molecule has 2 rings (SSSR count). The molecule has 1 aromatic heterocycles. The Bertz CT molecular complexity index is 303. The highest BCUT2D eigenvalue weighted by atomic mass is 15.1. The molecule has 14 heavy (non-hydrogen) atoms. The smallest absolute Gasteiger partial charge is 0.0950 e. The second kappa shape index (κ2) is 3.73. The minimum Gasteiger partial charge on any atom is -0.331 e. The van der Waals surface area contributed by atoms with Crippen LogP contribution in [-0.4, -0.2) is 15.6 Å². The second-order valence-corrected chi connectivity index (χ2v) is 4.61. The molecule has 1 heterocycles. The highest BCUT2D eigenvalue weighted by Gasteiger charge is 2.24. The first-order valence-corrected chi connectivity index (χ1v) is 5.45. The summed E-state index contributed by atoms with van der Waals surface area (Å²) in [5.41, 5.74) is 7.26. The zero-order valence-corrected chi connectivity index (χ0v) is 8.98. The summed E-state index contributed by atoms with van der Waals surface area (Å²) in [7, 11) is 0. The van der Waals surface area contributed by atoms with E-state index in [4.69, 9.17) is 5.73 Å². The summed E-state index contributed by atoms with van der Waals surface area (Å²) in [5, 5.41) is 0. The minimum atomic E-state index is 0.391. The summed E-state index contributed by atoms with van der Waals surface area (Å²) in [4.78, 5) is 4.24. The van der Waals surface area contributed by atoms with E-state index in [-0.39, 0.29) is 0 Å². The second-order valence-electron chi connectivity index (χ2n) is 4.61. The van der Waals surface area contributed by atoms with Crippen LogP contribution in [0.3, 0.4) is 0 Å². The molecule has 3 heteroatoms. The maximum atomic E-state index is 5.92. The number of rotatable bonds is 2. The molecule has 2 unspecified atom stereocenters. The molecule has 0 spiro atoms. The van der Waals surface area contributed by atoms with Gasteiger partial charge in [-0.1, -0.05) is 13.8 Å². The quantitative estimate of drug-likeness (QED) is 0.781. The van der Waals surface area contributed by atoms with E-state index >= 15 is 0 Å². The van der Waals surface area contributed by atoms with E-state index in [1.54, 1.807) is 0 Å². The van der Waals surface area contributed by atoms with Crippen molar-refractivity contribution in [3.8, 4) is 0 Å². The Morgan fingerprint density at radius 1 is 1.50 bits per heavy atom. The molecule has 0 radical (unpaired) electrons. The lowest BCUT2D eigenvalue weighted by Crippen LogP contribution is -2.16. The summed E-state index contributed by atoms with van der Waals surface area (Å²) >= 11 is 0. The third kappa shape index (κ3) is 1.69. The van der Waals surface area contributed by atoms with Crippen molar-refractivity contribution in [1.29, 1.82) is 0 Å². The van der Waals surface area contributed by atoms with Crippen molar-refractivity contribution in [1.82, 2.24) is 9.55 Å². The highest BCUT2D eigenvalue weighted by molar-refractivity contribution is 5.06. The number of imidazole rings is 1. The van der Waals surface area contributed by atoms with Crippen molar-refractivity contribution in [3.63, 3.8) is 0 Å². The fraction of sp³-hybridized carbons (Fsp3) is 0.727. The molecule has 0 saturated heterocycles. The van der Waals surface area contributed by atoms with Crippen LogP contribution in [0.1, 0.15) is 50.8 Å². The Morgan fingerprint density at radius 2 is 2.29 bits per heavy atom. The SMILES string of the molecule is CC(C)c1cncn1C1CCC(N)C1. The lowest BCUT2D eigenvalue weighted by molar-refractivity contribution is 0.484. The van der Waals surface area contributed by atoms with E-state index < -0.39 is 0 Å². The average Bonchev–Trinajstić information content (AvgIpc) is 2.70. The van der Waals surface area contributed by atoms with Gasteiger partial charge in [0.25, 0.3) is 0 Å². The number of hydrogen-bond acceptors (Lipinski definition) is 2. The van der Waals surface area contributed by atoms with E-state index in [1.807, 2.05) is 12.5 Å². The van der Waals surface area contributed by atoms with Crippen LogP contribution in [0.2, 0.25) is 0 Å². The van der Waals surface area contributed by atoms with Gasteiger partial charge in [-0.05, 0) is 25.2 Å². The largest absolute Gasteiger partial charge is 0.331 e. The number of hydrogen-bond donors (Lipinski definition) is 1. The number of nitrogens with two attached hydrogens (primary N) is 1. The van der Waals surface area contributed by atoms with Crippen molar-refractivity contribution in [2.45, 2.75) is 51.1 Å². The van der Waals surface area contributed by atoms with Gasteiger partial charge < -0.3 is 10.3 Å². The van der Waals surface area contributed by atoms with Crippen molar-refractivity contribution in [3.05, 3.63) is 18.2 Å².